The van der Waals surface area contributed by atoms with E-state index in [1.807, 2.05) is 0 Å². The zero-order chi connectivity index (χ0) is 13.8. The number of anilines is 2. The number of nitrogens with one attached hydrogen (secondary N) is 1. The molecule has 100 valence electrons. The first-order valence-corrected chi connectivity index (χ1v) is 7.40. The molecule has 19 heavy (non-hydrogen) atoms. The summed E-state index contributed by atoms with van der Waals surface area (Å²) in [6.07, 6.45) is 0. The van der Waals surface area contributed by atoms with Gasteiger partial charge in [0.1, 0.15) is 0 Å². The first kappa shape index (κ1) is 14.2. The molecule has 0 aromatic heterocycles. The van der Waals surface area contributed by atoms with E-state index in [2.05, 4.69) is 96.3 Å². The minimum Gasteiger partial charge on any atom is -0.381 e. The number of hydrogen-bond acceptors (Lipinski definition) is 2. The van der Waals surface area contributed by atoms with Crippen LogP contribution in [0.3, 0.4) is 0 Å². The molecule has 2 aromatic rings. The lowest BCUT2D eigenvalue weighted by Crippen LogP contribution is -2.08. The summed E-state index contributed by atoms with van der Waals surface area (Å²) in [5.74, 6) is 0. The predicted octanol–water partition coefficient (Wildman–Crippen LogP) is 4.28. The van der Waals surface area contributed by atoms with Crippen molar-refractivity contribution in [3.8, 4) is 0 Å². The summed E-state index contributed by atoms with van der Waals surface area (Å²) in [5.41, 5.74) is 5.02. The van der Waals surface area contributed by atoms with Gasteiger partial charge in [0.15, 0.2) is 0 Å². The van der Waals surface area contributed by atoms with Crippen molar-refractivity contribution in [2.45, 2.75) is 13.5 Å². The van der Waals surface area contributed by atoms with E-state index in [1.165, 1.54) is 26.1 Å². The summed E-state index contributed by atoms with van der Waals surface area (Å²) >= 11 is 2.34. The minimum absolute atomic E-state index is 0.856. The summed E-state index contributed by atoms with van der Waals surface area (Å²) in [4.78, 5) is 2.11. The maximum atomic E-state index is 3.49. The third-order valence-electron chi connectivity index (χ3n) is 3.12. The molecule has 0 amide bonds. The number of aryl methyl sites for hydroxylation is 1. The molecule has 3 heteroatoms. The van der Waals surface area contributed by atoms with E-state index in [0.29, 0.717) is 0 Å². The van der Waals surface area contributed by atoms with Crippen LogP contribution in [0.25, 0.3) is 0 Å². The second-order valence-electron chi connectivity index (χ2n) is 4.87. The van der Waals surface area contributed by atoms with Crippen molar-refractivity contribution in [2.75, 3.05) is 24.3 Å². The molecule has 2 nitrogen and oxygen atoms in total. The Morgan fingerprint density at radius 3 is 2.32 bits per heavy atom. The third-order valence-corrected chi connectivity index (χ3v) is 3.80. The van der Waals surface area contributed by atoms with Crippen molar-refractivity contribution in [3.05, 3.63) is 57.2 Å². The number of nitrogens with zero attached hydrogens (tertiary/aromatic N) is 1. The van der Waals surface area contributed by atoms with Gasteiger partial charge in [-0.15, -0.1) is 0 Å². The lowest BCUT2D eigenvalue weighted by atomic mass is 10.1. The summed E-state index contributed by atoms with van der Waals surface area (Å²) in [6, 6.07) is 15.1. The quantitative estimate of drug-likeness (QED) is 0.813. The zero-order valence-electron chi connectivity index (χ0n) is 11.6. The third kappa shape index (κ3) is 3.86. The Morgan fingerprint density at radius 2 is 1.74 bits per heavy atom. The maximum Gasteiger partial charge on any atom is 0.0400 e. The van der Waals surface area contributed by atoms with Crippen LogP contribution in [0.15, 0.2) is 42.5 Å². The van der Waals surface area contributed by atoms with Crippen LogP contribution in [0.2, 0.25) is 0 Å². The second kappa shape index (κ2) is 6.28. The molecule has 0 heterocycles. The average molecular weight is 366 g/mol. The lowest BCUT2D eigenvalue weighted by molar-refractivity contribution is 1.11. The predicted molar refractivity (Wildman–Crippen MR) is 92.0 cm³/mol. The van der Waals surface area contributed by atoms with Crippen molar-refractivity contribution in [2.24, 2.45) is 0 Å². The number of rotatable bonds is 4. The molecule has 2 rings (SSSR count). The molecular formula is C16H19IN2. The van der Waals surface area contributed by atoms with Crippen LogP contribution >= 0.6 is 22.6 Å². The summed E-state index contributed by atoms with van der Waals surface area (Å²) < 4.78 is 1.27. The van der Waals surface area contributed by atoms with E-state index >= 15 is 0 Å². The van der Waals surface area contributed by atoms with E-state index in [-0.39, 0.29) is 0 Å². The van der Waals surface area contributed by atoms with Gasteiger partial charge in [0.05, 0.1) is 0 Å². The highest BCUT2D eigenvalue weighted by atomic mass is 127. The Balaban J connectivity index is 2.02. The Bertz CT molecular complexity index is 547. The van der Waals surface area contributed by atoms with E-state index in [4.69, 9.17) is 0 Å². The second-order valence-corrected chi connectivity index (χ2v) is 6.12. The summed E-state index contributed by atoms with van der Waals surface area (Å²) in [5, 5.41) is 3.49. The van der Waals surface area contributed by atoms with Crippen molar-refractivity contribution in [1.29, 1.82) is 0 Å². The molecule has 0 saturated carbocycles. The molecule has 0 spiro atoms. The van der Waals surface area contributed by atoms with Gasteiger partial charge >= 0.3 is 0 Å². The normalized spacial score (nSPS) is 10.3. The maximum absolute atomic E-state index is 3.49. The van der Waals surface area contributed by atoms with Gasteiger partial charge < -0.3 is 10.2 Å². The number of hydrogen-bond donors (Lipinski definition) is 1. The van der Waals surface area contributed by atoms with Gasteiger partial charge in [0.2, 0.25) is 0 Å². The summed E-state index contributed by atoms with van der Waals surface area (Å²) in [7, 11) is 4.12. The lowest BCUT2D eigenvalue weighted by Gasteiger charge is -2.14. The molecule has 0 aliphatic heterocycles. The molecule has 1 N–H and O–H groups in total. The largest absolute Gasteiger partial charge is 0.381 e. The van der Waals surface area contributed by atoms with Gasteiger partial charge in [-0.1, -0.05) is 12.1 Å². The molecule has 0 aliphatic carbocycles. The van der Waals surface area contributed by atoms with Crippen molar-refractivity contribution in [3.63, 3.8) is 0 Å². The molecule has 2 aromatic carbocycles. The minimum atomic E-state index is 0.856. The topological polar surface area (TPSA) is 15.3 Å². The van der Waals surface area contributed by atoms with Gasteiger partial charge in [-0.2, -0.15) is 0 Å². The van der Waals surface area contributed by atoms with E-state index < -0.39 is 0 Å². The van der Waals surface area contributed by atoms with Crippen LogP contribution in [0, 0.1) is 10.5 Å². The van der Waals surface area contributed by atoms with E-state index in [9.17, 15) is 0 Å². The monoisotopic (exact) mass is 366 g/mol. The van der Waals surface area contributed by atoms with Crippen LogP contribution < -0.4 is 10.2 Å². The fourth-order valence-corrected chi connectivity index (χ4v) is 2.58. The van der Waals surface area contributed by atoms with Crippen LogP contribution in [0.1, 0.15) is 11.1 Å². The van der Waals surface area contributed by atoms with Crippen molar-refractivity contribution in [1.82, 2.24) is 0 Å². The average Bonchev–Trinajstić information content (AvgIpc) is 2.38. The van der Waals surface area contributed by atoms with Crippen molar-refractivity contribution >= 4 is 34.0 Å². The molecule has 0 bridgehead atoms. The Hall–Kier alpha value is -1.23. The SMILES string of the molecule is Cc1cc(I)ccc1NCc1ccc(N(C)C)cc1. The molecule has 0 unspecified atom stereocenters. The van der Waals surface area contributed by atoms with Gasteiger partial charge in [-0.3, -0.25) is 0 Å². The molecule has 0 aliphatic rings. The van der Waals surface area contributed by atoms with Crippen LogP contribution in [-0.2, 0) is 6.54 Å². The van der Waals surface area contributed by atoms with Gasteiger partial charge in [-0.25, -0.2) is 0 Å². The number of benzene rings is 2. The summed E-state index contributed by atoms with van der Waals surface area (Å²) in [6.45, 7) is 2.99. The Kier molecular flexibility index (Phi) is 4.69. The fourth-order valence-electron chi connectivity index (χ4n) is 1.93. The van der Waals surface area contributed by atoms with Gasteiger partial charge in [0.25, 0.3) is 0 Å². The highest BCUT2D eigenvalue weighted by Gasteiger charge is 2.00. The molecule has 0 atom stereocenters. The molecule has 0 radical (unpaired) electrons. The molecule has 0 fully saturated rings. The fraction of sp³-hybridized carbons (Fsp3) is 0.250. The van der Waals surface area contributed by atoms with Gasteiger partial charge in [-0.05, 0) is 71.0 Å². The van der Waals surface area contributed by atoms with E-state index in [1.54, 1.807) is 0 Å². The number of halogens is 1. The van der Waals surface area contributed by atoms with Gasteiger partial charge in [0, 0.05) is 35.6 Å². The van der Waals surface area contributed by atoms with Crippen LogP contribution in [0.4, 0.5) is 11.4 Å². The molecule has 0 saturated heterocycles. The van der Waals surface area contributed by atoms with Crippen LogP contribution in [0.5, 0.6) is 0 Å². The molecular weight excluding hydrogens is 347 g/mol. The standard InChI is InChI=1S/C16H19IN2/c1-12-10-14(17)6-9-16(12)18-11-13-4-7-15(8-5-13)19(2)3/h4-10,18H,11H2,1-3H3. The highest BCUT2D eigenvalue weighted by Crippen LogP contribution is 2.19. The first-order chi connectivity index (χ1) is 9.06. The smallest absolute Gasteiger partial charge is 0.0400 e. The highest BCUT2D eigenvalue weighted by molar-refractivity contribution is 14.1. The Morgan fingerprint density at radius 1 is 1.05 bits per heavy atom. The van der Waals surface area contributed by atoms with Crippen molar-refractivity contribution < 1.29 is 0 Å². The first-order valence-electron chi connectivity index (χ1n) is 6.32. The van der Waals surface area contributed by atoms with E-state index in [0.717, 1.165) is 6.54 Å². The van der Waals surface area contributed by atoms with Crippen LogP contribution in [-0.4, -0.2) is 14.1 Å². The Labute approximate surface area is 129 Å². The zero-order valence-corrected chi connectivity index (χ0v) is 13.7.